The molecule has 0 spiro atoms. The van der Waals surface area contributed by atoms with Gasteiger partial charge in [-0.1, -0.05) is 11.2 Å². The van der Waals surface area contributed by atoms with Crippen molar-refractivity contribution in [3.05, 3.63) is 52.2 Å². The number of nitrogens with zero attached hydrogens (tertiary/aromatic N) is 2. The van der Waals surface area contributed by atoms with Gasteiger partial charge in [-0.25, -0.2) is 0 Å². The van der Waals surface area contributed by atoms with E-state index in [4.69, 9.17) is 4.42 Å². The number of rotatable bonds is 3. The molecule has 0 fully saturated rings. The quantitative estimate of drug-likeness (QED) is 0.781. The van der Waals surface area contributed by atoms with E-state index in [1.807, 2.05) is 0 Å². The molecule has 0 unspecified atom stereocenters. The van der Waals surface area contributed by atoms with E-state index in [0.29, 0.717) is 10.4 Å². The molecule has 0 saturated carbocycles. The third-order valence-electron chi connectivity index (χ3n) is 2.85. The molecule has 1 amide bonds. The summed E-state index contributed by atoms with van der Waals surface area (Å²) in [6, 6.07) is 7.52. The maximum absolute atomic E-state index is 12.5. The smallest absolute Gasteiger partial charge is 0.403 e. The van der Waals surface area contributed by atoms with Gasteiger partial charge in [0.1, 0.15) is 0 Å². The Morgan fingerprint density at radius 1 is 1.13 bits per heavy atom. The molecule has 1 aromatic carbocycles. The number of alkyl halides is 3. The normalized spacial score (nSPS) is 11.4. The number of aromatic nitrogens is 2. The van der Waals surface area contributed by atoms with Crippen molar-refractivity contribution >= 4 is 23.3 Å². The van der Waals surface area contributed by atoms with Crippen LogP contribution in [0.5, 0.6) is 0 Å². The van der Waals surface area contributed by atoms with Gasteiger partial charge in [0.15, 0.2) is 0 Å². The van der Waals surface area contributed by atoms with Crippen molar-refractivity contribution in [3.8, 4) is 11.5 Å². The Balaban J connectivity index is 1.75. The minimum Gasteiger partial charge on any atom is -0.403 e. The molecule has 1 N–H and O–H groups in total. The Hall–Kier alpha value is -2.68. The van der Waals surface area contributed by atoms with Crippen LogP contribution in [0.15, 0.2) is 46.2 Å². The highest BCUT2D eigenvalue weighted by Crippen LogP contribution is 2.30. The minimum absolute atomic E-state index is 0.0141. The first-order chi connectivity index (χ1) is 10.9. The first-order valence-electron chi connectivity index (χ1n) is 6.29. The van der Waals surface area contributed by atoms with E-state index in [1.54, 1.807) is 17.5 Å². The maximum atomic E-state index is 12.5. The molecule has 3 aromatic rings. The SMILES string of the molecule is O=C(Nc1nnc(-c2ccc(C(F)(F)F)cc2)o1)c1cccs1. The largest absolute Gasteiger partial charge is 0.416 e. The topological polar surface area (TPSA) is 68.0 Å². The Kier molecular flexibility index (Phi) is 3.87. The number of carbonyl (C=O) groups is 1. The van der Waals surface area contributed by atoms with Crippen LogP contribution in [0.25, 0.3) is 11.5 Å². The monoisotopic (exact) mass is 339 g/mol. The predicted molar refractivity (Wildman–Crippen MR) is 77.0 cm³/mol. The van der Waals surface area contributed by atoms with Crippen LogP contribution in [-0.2, 0) is 6.18 Å². The number of carbonyl (C=O) groups excluding carboxylic acids is 1. The molecular weight excluding hydrogens is 331 g/mol. The lowest BCUT2D eigenvalue weighted by Crippen LogP contribution is -2.10. The van der Waals surface area contributed by atoms with Gasteiger partial charge < -0.3 is 4.42 Å². The van der Waals surface area contributed by atoms with Crippen molar-refractivity contribution in [1.29, 1.82) is 0 Å². The van der Waals surface area contributed by atoms with Gasteiger partial charge in [-0.2, -0.15) is 13.2 Å². The second-order valence-electron chi connectivity index (χ2n) is 4.42. The lowest BCUT2D eigenvalue weighted by Gasteiger charge is -2.05. The van der Waals surface area contributed by atoms with Crippen LogP contribution in [0.2, 0.25) is 0 Å². The van der Waals surface area contributed by atoms with Gasteiger partial charge in [0.05, 0.1) is 10.4 Å². The first-order valence-corrected chi connectivity index (χ1v) is 7.17. The van der Waals surface area contributed by atoms with Crippen LogP contribution >= 0.6 is 11.3 Å². The van der Waals surface area contributed by atoms with Gasteiger partial charge in [0, 0.05) is 5.56 Å². The lowest BCUT2D eigenvalue weighted by molar-refractivity contribution is -0.137. The Morgan fingerprint density at radius 3 is 2.48 bits per heavy atom. The molecule has 2 aromatic heterocycles. The minimum atomic E-state index is -4.41. The van der Waals surface area contributed by atoms with E-state index < -0.39 is 17.6 Å². The fourth-order valence-corrected chi connectivity index (χ4v) is 2.38. The molecule has 0 aliphatic carbocycles. The van der Waals surface area contributed by atoms with Gasteiger partial charge in [-0.3, -0.25) is 10.1 Å². The predicted octanol–water partition coefficient (Wildman–Crippen LogP) is 4.07. The van der Waals surface area contributed by atoms with E-state index >= 15 is 0 Å². The summed E-state index contributed by atoms with van der Waals surface area (Å²) in [4.78, 5) is 12.3. The summed E-state index contributed by atoms with van der Waals surface area (Å²) in [5, 5.41) is 11.5. The number of halogens is 3. The van der Waals surface area contributed by atoms with Crippen LogP contribution in [0.1, 0.15) is 15.2 Å². The zero-order valence-electron chi connectivity index (χ0n) is 11.3. The third-order valence-corrected chi connectivity index (χ3v) is 3.72. The van der Waals surface area contributed by atoms with Crippen molar-refractivity contribution in [2.45, 2.75) is 6.18 Å². The molecule has 3 rings (SSSR count). The summed E-state index contributed by atoms with van der Waals surface area (Å²) >= 11 is 1.25. The van der Waals surface area contributed by atoms with Crippen molar-refractivity contribution in [3.63, 3.8) is 0 Å². The second kappa shape index (κ2) is 5.84. The average molecular weight is 339 g/mol. The Labute approximate surface area is 131 Å². The molecule has 9 heteroatoms. The van der Waals surface area contributed by atoms with Gasteiger partial charge in [0.25, 0.3) is 5.91 Å². The summed E-state index contributed by atoms with van der Waals surface area (Å²) in [6.45, 7) is 0. The van der Waals surface area contributed by atoms with E-state index in [2.05, 4.69) is 15.5 Å². The van der Waals surface area contributed by atoms with Gasteiger partial charge >= 0.3 is 12.2 Å². The summed E-state index contributed by atoms with van der Waals surface area (Å²) < 4.78 is 42.8. The zero-order chi connectivity index (χ0) is 16.4. The van der Waals surface area contributed by atoms with Crippen molar-refractivity contribution in [2.24, 2.45) is 0 Å². The molecule has 0 aliphatic rings. The van der Waals surface area contributed by atoms with E-state index in [9.17, 15) is 18.0 Å². The zero-order valence-corrected chi connectivity index (χ0v) is 12.1. The molecule has 2 heterocycles. The van der Waals surface area contributed by atoms with Crippen molar-refractivity contribution in [1.82, 2.24) is 10.2 Å². The van der Waals surface area contributed by atoms with Crippen LogP contribution < -0.4 is 5.32 Å². The summed E-state index contributed by atoms with van der Waals surface area (Å²) in [5.74, 6) is -0.386. The van der Waals surface area contributed by atoms with Gasteiger partial charge in [-0.05, 0) is 35.7 Å². The van der Waals surface area contributed by atoms with Gasteiger partial charge in [0.2, 0.25) is 5.89 Å². The number of benzene rings is 1. The molecule has 118 valence electrons. The highest BCUT2D eigenvalue weighted by molar-refractivity contribution is 7.12. The summed E-state index contributed by atoms with van der Waals surface area (Å²) in [6.07, 6.45) is -4.41. The standard InChI is InChI=1S/C14H8F3N3O2S/c15-14(16,17)9-5-3-8(4-6-9)12-19-20-13(22-12)18-11(21)10-2-1-7-23-10/h1-7H,(H,18,20,21). The van der Waals surface area contributed by atoms with E-state index in [1.165, 1.54) is 23.5 Å². The Bertz CT molecular complexity index is 811. The summed E-state index contributed by atoms with van der Waals surface area (Å²) in [5.41, 5.74) is -0.450. The number of nitrogens with one attached hydrogen (secondary N) is 1. The van der Waals surface area contributed by atoms with Crippen LogP contribution in [0.4, 0.5) is 19.2 Å². The number of anilines is 1. The molecule has 0 bridgehead atoms. The number of thiophene rings is 1. The highest BCUT2D eigenvalue weighted by atomic mass is 32.1. The second-order valence-corrected chi connectivity index (χ2v) is 5.37. The number of hydrogen-bond acceptors (Lipinski definition) is 5. The van der Waals surface area contributed by atoms with Gasteiger partial charge in [-0.15, -0.1) is 16.4 Å². The molecule has 0 atom stereocenters. The van der Waals surface area contributed by atoms with E-state index in [0.717, 1.165) is 12.1 Å². The summed E-state index contributed by atoms with van der Waals surface area (Å²) in [7, 11) is 0. The lowest BCUT2D eigenvalue weighted by atomic mass is 10.1. The number of amides is 1. The molecule has 5 nitrogen and oxygen atoms in total. The molecular formula is C14H8F3N3O2S. The van der Waals surface area contributed by atoms with Crippen molar-refractivity contribution in [2.75, 3.05) is 5.32 Å². The first kappa shape index (κ1) is 15.2. The van der Waals surface area contributed by atoms with E-state index in [-0.39, 0.29) is 11.9 Å². The van der Waals surface area contributed by atoms with Crippen LogP contribution in [0.3, 0.4) is 0 Å². The third kappa shape index (κ3) is 3.39. The average Bonchev–Trinajstić information content (AvgIpc) is 3.18. The fraction of sp³-hybridized carbons (Fsp3) is 0.0714. The molecule has 0 saturated heterocycles. The van der Waals surface area contributed by atoms with Crippen molar-refractivity contribution < 1.29 is 22.4 Å². The van der Waals surface area contributed by atoms with Crippen LogP contribution in [0, 0.1) is 0 Å². The molecule has 0 radical (unpaired) electrons. The Morgan fingerprint density at radius 2 is 1.87 bits per heavy atom. The maximum Gasteiger partial charge on any atom is 0.416 e. The fourth-order valence-electron chi connectivity index (χ4n) is 1.76. The van der Waals surface area contributed by atoms with Crippen LogP contribution in [-0.4, -0.2) is 16.1 Å². The number of hydrogen-bond donors (Lipinski definition) is 1. The highest BCUT2D eigenvalue weighted by Gasteiger charge is 2.30. The molecule has 23 heavy (non-hydrogen) atoms. The molecule has 0 aliphatic heterocycles.